The lowest BCUT2D eigenvalue weighted by Gasteiger charge is -2.25. The zero-order valence-corrected chi connectivity index (χ0v) is 24.4. The van der Waals surface area contributed by atoms with Gasteiger partial charge in [0, 0.05) is 14.6 Å². The van der Waals surface area contributed by atoms with Gasteiger partial charge < -0.3 is 9.84 Å². The van der Waals surface area contributed by atoms with Crippen LogP contribution in [0.1, 0.15) is 26.7 Å². The summed E-state index contributed by atoms with van der Waals surface area (Å²) in [6.45, 7) is 11.0. The van der Waals surface area contributed by atoms with E-state index in [0.29, 0.717) is 11.4 Å². The third kappa shape index (κ3) is 6.44. The molecule has 196 valence electrons. The number of ether oxygens (including phenoxy) is 1. The number of benzene rings is 2. The summed E-state index contributed by atoms with van der Waals surface area (Å²) in [6, 6.07) is 15.8. The van der Waals surface area contributed by atoms with E-state index < -0.39 is 18.3 Å². The van der Waals surface area contributed by atoms with E-state index in [2.05, 4.69) is 24.6 Å². The first-order valence-electron chi connectivity index (χ1n) is 12.1. The van der Waals surface area contributed by atoms with Gasteiger partial charge in [-0.25, -0.2) is 13.6 Å². The van der Waals surface area contributed by atoms with Crippen molar-refractivity contribution in [3.8, 4) is 5.75 Å². The van der Waals surface area contributed by atoms with Crippen molar-refractivity contribution in [3.05, 3.63) is 87.3 Å². The number of aliphatic hydroxyl groups excluding tert-OH is 1. The van der Waals surface area contributed by atoms with Gasteiger partial charge in [0.1, 0.15) is 18.0 Å². The summed E-state index contributed by atoms with van der Waals surface area (Å²) >= 11 is 1.62. The highest BCUT2D eigenvalue weighted by atomic mass is 32.2. The first-order valence-corrected chi connectivity index (χ1v) is 18.0. The molecule has 0 unspecified atom stereocenters. The predicted octanol–water partition coefficient (Wildman–Crippen LogP) is 6.57. The highest BCUT2D eigenvalue weighted by Gasteiger charge is 2.39. The Labute approximate surface area is 224 Å². The summed E-state index contributed by atoms with van der Waals surface area (Å²) in [4.78, 5) is 5.54. The van der Waals surface area contributed by atoms with E-state index in [-0.39, 0.29) is 19.0 Å². The first kappa shape index (κ1) is 27.0. The minimum absolute atomic E-state index is 0.242. The molecule has 0 saturated carbocycles. The molecular weight excluding hydrogens is 523 g/mol. The van der Waals surface area contributed by atoms with Gasteiger partial charge in [0.2, 0.25) is 5.88 Å². The smallest absolute Gasteiger partial charge is 0.332 e. The van der Waals surface area contributed by atoms with E-state index in [1.165, 1.54) is 6.20 Å². The van der Waals surface area contributed by atoms with Crippen LogP contribution in [0.3, 0.4) is 0 Å². The molecule has 1 aliphatic rings. The highest BCUT2D eigenvalue weighted by Crippen LogP contribution is 2.38. The van der Waals surface area contributed by atoms with Crippen LogP contribution in [0.25, 0.3) is 12.2 Å². The van der Waals surface area contributed by atoms with Crippen molar-refractivity contribution in [2.75, 3.05) is 10.8 Å². The van der Waals surface area contributed by atoms with Gasteiger partial charge >= 0.3 is 10.2 Å². The molecule has 0 saturated heterocycles. The third-order valence-electron chi connectivity index (χ3n) is 5.91. The molecule has 0 bridgehead atoms. The molecule has 1 aliphatic heterocycles. The molecule has 4 rings (SSSR count). The molecule has 1 aromatic heterocycles. The van der Waals surface area contributed by atoms with Crippen molar-refractivity contribution in [3.63, 3.8) is 0 Å². The minimum atomic E-state index is -3.99. The van der Waals surface area contributed by atoms with Gasteiger partial charge in [-0.1, -0.05) is 62.1 Å². The Morgan fingerprint density at radius 2 is 1.81 bits per heavy atom. The van der Waals surface area contributed by atoms with Crippen LogP contribution in [0.15, 0.2) is 60.6 Å². The van der Waals surface area contributed by atoms with Crippen LogP contribution in [-0.4, -0.2) is 37.4 Å². The first-order chi connectivity index (χ1) is 17.4. The monoisotopic (exact) mass is 555 g/mol. The number of aryl methyl sites for hydroxylation is 2. The summed E-state index contributed by atoms with van der Waals surface area (Å²) in [6.07, 6.45) is 5.22. The molecule has 0 radical (unpaired) electrons. The average Bonchev–Trinajstić information content (AvgIpc) is 3.27. The second-order valence-corrected chi connectivity index (χ2v) is 18.8. The third-order valence-corrected chi connectivity index (χ3v) is 10.4. The molecule has 37 heavy (non-hydrogen) atoms. The van der Waals surface area contributed by atoms with Crippen molar-refractivity contribution >= 4 is 47.5 Å². The minimum Gasteiger partial charge on any atom is -0.493 e. The number of hydrogen-bond donors (Lipinski definition) is 1. The fourth-order valence-corrected chi connectivity index (χ4v) is 7.19. The lowest BCUT2D eigenvalue weighted by atomic mass is 10.1. The maximum absolute atomic E-state index is 13.5. The van der Waals surface area contributed by atoms with E-state index in [4.69, 9.17) is 4.74 Å². The van der Waals surface area contributed by atoms with E-state index in [9.17, 15) is 13.5 Å². The molecule has 0 spiro atoms. The van der Waals surface area contributed by atoms with Crippen molar-refractivity contribution in [2.24, 2.45) is 0 Å². The topological polar surface area (TPSA) is 83.0 Å². The Bertz CT molecular complexity index is 1430. The summed E-state index contributed by atoms with van der Waals surface area (Å²) in [5.41, 5.74) is 3.14. The fourth-order valence-electron chi connectivity index (χ4n) is 3.86. The van der Waals surface area contributed by atoms with Crippen LogP contribution in [0.5, 0.6) is 5.75 Å². The molecule has 0 atom stereocenters. The highest BCUT2D eigenvalue weighted by molar-refractivity contribution is 7.91. The van der Waals surface area contributed by atoms with E-state index >= 15 is 0 Å². The number of aromatic nitrogens is 1. The zero-order valence-electron chi connectivity index (χ0n) is 21.8. The predicted molar refractivity (Wildman–Crippen MR) is 155 cm³/mol. The standard InChI is InChI=1S/C27H33N3O4S2Si/c1-20-26(35-21(2)28-20)14-12-22-11-13-24(25(17-22)34-19-23-9-7-6-8-10-23)30-18-27(31)29(36(30,32)33)15-16-37(3,4)5/h6-14,17-18,31H,15-16,19H2,1-5H3. The maximum atomic E-state index is 13.5. The van der Waals surface area contributed by atoms with Crippen LogP contribution in [-0.2, 0) is 16.8 Å². The Morgan fingerprint density at radius 1 is 1.08 bits per heavy atom. The van der Waals surface area contributed by atoms with Crippen LogP contribution in [0.4, 0.5) is 5.69 Å². The van der Waals surface area contributed by atoms with Crippen molar-refractivity contribution in [1.82, 2.24) is 9.29 Å². The van der Waals surface area contributed by atoms with E-state index in [0.717, 1.165) is 41.4 Å². The SMILES string of the molecule is Cc1nc(C)c(C=Cc2ccc(N3C=C(O)N(CC[Si](C)(C)C)S3(=O)=O)c(OCc3ccccc3)c2)s1. The maximum Gasteiger partial charge on any atom is 0.332 e. The lowest BCUT2D eigenvalue weighted by molar-refractivity contribution is 0.294. The Hall–Kier alpha value is -3.08. The summed E-state index contributed by atoms with van der Waals surface area (Å²) in [5.74, 6) is 0.121. The number of hydrogen-bond acceptors (Lipinski definition) is 6. The van der Waals surface area contributed by atoms with Gasteiger partial charge in [-0.2, -0.15) is 8.42 Å². The molecule has 0 aliphatic carbocycles. The normalized spacial score (nSPS) is 15.4. The number of rotatable bonds is 9. The molecular formula is C27H33N3O4S2Si. The van der Waals surface area contributed by atoms with Gasteiger partial charge in [-0.15, -0.1) is 11.3 Å². The molecule has 2 heterocycles. The number of thiazole rings is 1. The number of aliphatic hydroxyl groups is 1. The zero-order chi connectivity index (χ0) is 26.8. The molecule has 2 aromatic carbocycles. The van der Waals surface area contributed by atoms with Crippen LogP contribution >= 0.6 is 11.3 Å². The fraction of sp³-hybridized carbons (Fsp3) is 0.296. The molecule has 0 fully saturated rings. The van der Waals surface area contributed by atoms with Gasteiger partial charge in [0.25, 0.3) is 0 Å². The Kier molecular flexibility index (Phi) is 7.82. The second kappa shape index (κ2) is 10.7. The van der Waals surface area contributed by atoms with Gasteiger partial charge in [-0.3, -0.25) is 0 Å². The van der Waals surface area contributed by atoms with Crippen molar-refractivity contribution < 1.29 is 18.3 Å². The molecule has 10 heteroatoms. The second-order valence-electron chi connectivity index (χ2n) is 10.2. The van der Waals surface area contributed by atoms with Crippen LogP contribution < -0.4 is 9.04 Å². The van der Waals surface area contributed by atoms with Crippen molar-refractivity contribution in [1.29, 1.82) is 0 Å². The quantitative estimate of drug-likeness (QED) is 0.302. The molecule has 7 nitrogen and oxygen atoms in total. The Morgan fingerprint density at radius 3 is 2.46 bits per heavy atom. The van der Waals surface area contributed by atoms with E-state index in [1.54, 1.807) is 17.4 Å². The molecule has 0 amide bonds. The largest absolute Gasteiger partial charge is 0.493 e. The molecule has 3 aromatic rings. The Balaban J connectivity index is 1.67. The van der Waals surface area contributed by atoms with Crippen molar-refractivity contribution in [2.45, 2.75) is 46.1 Å². The van der Waals surface area contributed by atoms with Gasteiger partial charge in [-0.05, 0) is 49.2 Å². The lowest BCUT2D eigenvalue weighted by Crippen LogP contribution is -2.37. The van der Waals surface area contributed by atoms with Crippen LogP contribution in [0, 0.1) is 13.8 Å². The molecule has 1 N–H and O–H groups in total. The van der Waals surface area contributed by atoms with Gasteiger partial charge in [0.15, 0.2) is 0 Å². The van der Waals surface area contributed by atoms with Crippen LogP contribution in [0.2, 0.25) is 25.7 Å². The summed E-state index contributed by atoms with van der Waals surface area (Å²) < 4.78 is 35.3. The van der Waals surface area contributed by atoms with Gasteiger partial charge in [0.05, 0.1) is 21.8 Å². The number of anilines is 1. The average molecular weight is 556 g/mol. The summed E-state index contributed by atoms with van der Waals surface area (Å²) in [7, 11) is -5.51. The summed E-state index contributed by atoms with van der Waals surface area (Å²) in [5, 5.41) is 11.6. The van der Waals surface area contributed by atoms with E-state index in [1.807, 2.05) is 68.5 Å². The number of nitrogens with zero attached hydrogens (tertiary/aromatic N) is 3.